The van der Waals surface area contributed by atoms with Crippen molar-refractivity contribution in [1.82, 2.24) is 5.43 Å². The summed E-state index contributed by atoms with van der Waals surface area (Å²) >= 11 is 2.06. The lowest BCUT2D eigenvalue weighted by Gasteiger charge is -2.36. The second-order valence-corrected chi connectivity index (χ2v) is 6.90. The van der Waals surface area contributed by atoms with E-state index >= 15 is 0 Å². The minimum absolute atomic E-state index is 0.518. The predicted octanol–water partition coefficient (Wildman–Crippen LogP) is 3.42. The molecule has 1 rings (SSSR count). The van der Waals surface area contributed by atoms with E-state index in [1.165, 1.54) is 43.6 Å². The number of hydrogen-bond acceptors (Lipinski definition) is 3. The molecule has 0 spiro atoms. The third-order valence-electron chi connectivity index (χ3n) is 3.97. The van der Waals surface area contributed by atoms with Crippen LogP contribution in [0.5, 0.6) is 0 Å². The van der Waals surface area contributed by atoms with Crippen molar-refractivity contribution in [3.63, 3.8) is 0 Å². The maximum absolute atomic E-state index is 5.77. The zero-order chi connectivity index (χ0) is 12.7. The van der Waals surface area contributed by atoms with Gasteiger partial charge in [0.1, 0.15) is 0 Å². The molecule has 0 aromatic rings. The van der Waals surface area contributed by atoms with Crippen LogP contribution in [0.3, 0.4) is 0 Å². The number of nitrogens with two attached hydrogens (primary N) is 1. The first-order chi connectivity index (χ1) is 8.19. The van der Waals surface area contributed by atoms with E-state index in [1.54, 1.807) is 0 Å². The van der Waals surface area contributed by atoms with Crippen LogP contribution in [-0.4, -0.2) is 17.5 Å². The van der Waals surface area contributed by atoms with Gasteiger partial charge in [-0.1, -0.05) is 46.5 Å². The van der Waals surface area contributed by atoms with Crippen LogP contribution in [0.4, 0.5) is 0 Å². The molecule has 1 aliphatic carbocycles. The van der Waals surface area contributed by atoms with Crippen molar-refractivity contribution in [2.45, 2.75) is 58.9 Å². The van der Waals surface area contributed by atoms with E-state index in [4.69, 9.17) is 5.84 Å². The molecule has 0 saturated heterocycles. The van der Waals surface area contributed by atoms with Crippen LogP contribution in [0, 0.1) is 17.8 Å². The molecule has 0 radical (unpaired) electrons. The molecular formula is C14H30N2S. The molecule has 17 heavy (non-hydrogen) atoms. The summed E-state index contributed by atoms with van der Waals surface area (Å²) in [7, 11) is 0. The zero-order valence-electron chi connectivity index (χ0n) is 11.7. The fourth-order valence-corrected chi connectivity index (χ4v) is 4.20. The van der Waals surface area contributed by atoms with Gasteiger partial charge in [-0.05, 0) is 29.9 Å². The van der Waals surface area contributed by atoms with Gasteiger partial charge in [-0.2, -0.15) is 11.8 Å². The lowest BCUT2D eigenvalue weighted by atomic mass is 9.74. The van der Waals surface area contributed by atoms with Crippen LogP contribution in [0.1, 0.15) is 52.9 Å². The Balaban J connectivity index is 2.40. The molecule has 102 valence electrons. The maximum Gasteiger partial charge on any atom is 0.0331 e. The van der Waals surface area contributed by atoms with Crippen LogP contribution < -0.4 is 11.3 Å². The predicted molar refractivity (Wildman–Crippen MR) is 79.0 cm³/mol. The Morgan fingerprint density at radius 3 is 2.53 bits per heavy atom. The van der Waals surface area contributed by atoms with Gasteiger partial charge in [-0.25, -0.2) is 0 Å². The Hall–Kier alpha value is 0.270. The summed E-state index contributed by atoms with van der Waals surface area (Å²) in [5, 5.41) is 0. The van der Waals surface area contributed by atoms with Crippen molar-refractivity contribution in [3.05, 3.63) is 0 Å². The second kappa shape index (κ2) is 8.39. The molecular weight excluding hydrogens is 228 g/mol. The van der Waals surface area contributed by atoms with Gasteiger partial charge in [0.15, 0.2) is 0 Å². The van der Waals surface area contributed by atoms with Gasteiger partial charge in [0.05, 0.1) is 0 Å². The fourth-order valence-electron chi connectivity index (χ4n) is 3.00. The number of hydrogen-bond donors (Lipinski definition) is 2. The number of hydrazine groups is 1. The molecule has 0 heterocycles. The number of rotatable bonds is 7. The van der Waals surface area contributed by atoms with Gasteiger partial charge in [-0.3, -0.25) is 11.3 Å². The van der Waals surface area contributed by atoms with Gasteiger partial charge in [-0.15, -0.1) is 0 Å². The van der Waals surface area contributed by atoms with Crippen molar-refractivity contribution in [2.75, 3.05) is 11.5 Å². The van der Waals surface area contributed by atoms with E-state index in [2.05, 4.69) is 38.0 Å². The van der Waals surface area contributed by atoms with Crippen LogP contribution in [-0.2, 0) is 0 Å². The number of nitrogens with one attached hydrogen (secondary N) is 1. The molecule has 3 atom stereocenters. The molecule has 1 aliphatic rings. The SMILES string of the molecule is CCC1CCCCC1C(CSCC(C)C)NN. The third kappa shape index (κ3) is 5.19. The van der Waals surface area contributed by atoms with E-state index in [-0.39, 0.29) is 0 Å². The van der Waals surface area contributed by atoms with Crippen LogP contribution >= 0.6 is 11.8 Å². The summed E-state index contributed by atoms with van der Waals surface area (Å²) in [5.41, 5.74) is 3.09. The van der Waals surface area contributed by atoms with E-state index in [9.17, 15) is 0 Å². The molecule has 0 amide bonds. The zero-order valence-corrected chi connectivity index (χ0v) is 12.6. The lowest BCUT2D eigenvalue weighted by Crippen LogP contribution is -2.46. The van der Waals surface area contributed by atoms with E-state index < -0.39 is 0 Å². The largest absolute Gasteiger partial charge is 0.271 e. The molecule has 3 N–H and O–H groups in total. The fraction of sp³-hybridized carbons (Fsp3) is 1.00. The molecule has 0 aromatic heterocycles. The molecule has 0 aromatic carbocycles. The van der Waals surface area contributed by atoms with Crippen LogP contribution in [0.15, 0.2) is 0 Å². The lowest BCUT2D eigenvalue weighted by molar-refractivity contribution is 0.186. The van der Waals surface area contributed by atoms with Crippen molar-refractivity contribution in [3.8, 4) is 0 Å². The summed E-state index contributed by atoms with van der Waals surface area (Å²) in [6.07, 6.45) is 6.92. The van der Waals surface area contributed by atoms with Gasteiger partial charge in [0, 0.05) is 11.8 Å². The minimum Gasteiger partial charge on any atom is -0.271 e. The summed E-state index contributed by atoms with van der Waals surface area (Å²) < 4.78 is 0. The average Bonchev–Trinajstić information content (AvgIpc) is 2.34. The first kappa shape index (κ1) is 15.3. The van der Waals surface area contributed by atoms with Crippen molar-refractivity contribution in [1.29, 1.82) is 0 Å². The quantitative estimate of drug-likeness (QED) is 0.543. The Morgan fingerprint density at radius 2 is 1.94 bits per heavy atom. The normalized spacial score (nSPS) is 27.4. The first-order valence-corrected chi connectivity index (χ1v) is 8.38. The summed E-state index contributed by atoms with van der Waals surface area (Å²) in [5.74, 6) is 10.7. The van der Waals surface area contributed by atoms with E-state index in [0.717, 1.165) is 17.8 Å². The molecule has 3 heteroatoms. The summed E-state index contributed by atoms with van der Waals surface area (Å²) in [4.78, 5) is 0. The monoisotopic (exact) mass is 258 g/mol. The average molecular weight is 258 g/mol. The molecule has 0 bridgehead atoms. The minimum atomic E-state index is 0.518. The smallest absolute Gasteiger partial charge is 0.0331 e. The molecule has 2 nitrogen and oxygen atoms in total. The highest BCUT2D eigenvalue weighted by atomic mass is 32.2. The highest BCUT2D eigenvalue weighted by molar-refractivity contribution is 7.99. The Bertz CT molecular complexity index is 197. The first-order valence-electron chi connectivity index (χ1n) is 7.22. The third-order valence-corrected chi connectivity index (χ3v) is 5.47. The Labute approximate surface area is 111 Å². The standard InChI is InChI=1S/C14H30N2S/c1-4-12-7-5-6-8-13(12)14(16-15)10-17-9-11(2)3/h11-14,16H,4-10,15H2,1-3H3. The number of thioether (sulfide) groups is 1. The Morgan fingerprint density at radius 1 is 1.24 bits per heavy atom. The van der Waals surface area contributed by atoms with Crippen molar-refractivity contribution >= 4 is 11.8 Å². The van der Waals surface area contributed by atoms with Gasteiger partial charge in [0.2, 0.25) is 0 Å². The van der Waals surface area contributed by atoms with Crippen molar-refractivity contribution in [2.24, 2.45) is 23.6 Å². The van der Waals surface area contributed by atoms with E-state index in [0.29, 0.717) is 6.04 Å². The molecule has 1 saturated carbocycles. The molecule has 3 unspecified atom stereocenters. The van der Waals surface area contributed by atoms with Crippen LogP contribution in [0.2, 0.25) is 0 Å². The second-order valence-electron chi connectivity index (χ2n) is 5.82. The molecule has 1 fully saturated rings. The van der Waals surface area contributed by atoms with Gasteiger partial charge in [0.25, 0.3) is 0 Å². The van der Waals surface area contributed by atoms with Crippen LogP contribution in [0.25, 0.3) is 0 Å². The molecule has 0 aliphatic heterocycles. The van der Waals surface area contributed by atoms with Gasteiger partial charge >= 0.3 is 0 Å². The Kier molecular flexibility index (Phi) is 7.56. The van der Waals surface area contributed by atoms with Crippen molar-refractivity contribution < 1.29 is 0 Å². The maximum atomic E-state index is 5.77. The summed E-state index contributed by atoms with van der Waals surface area (Å²) in [6.45, 7) is 6.90. The van der Waals surface area contributed by atoms with E-state index in [1.807, 2.05) is 0 Å². The summed E-state index contributed by atoms with van der Waals surface area (Å²) in [6, 6.07) is 0.518. The highest BCUT2D eigenvalue weighted by Crippen LogP contribution is 2.35. The van der Waals surface area contributed by atoms with Gasteiger partial charge < -0.3 is 0 Å². The highest BCUT2D eigenvalue weighted by Gasteiger charge is 2.29. The topological polar surface area (TPSA) is 38.0 Å².